The van der Waals surface area contributed by atoms with Crippen LogP contribution >= 0.6 is 22.6 Å². The number of carbonyl (C=O) groups excluding carboxylic acids is 1. The Morgan fingerprint density at radius 2 is 1.41 bits per heavy atom. The second kappa shape index (κ2) is 7.38. The highest BCUT2D eigenvalue weighted by Crippen LogP contribution is 2.35. The molecule has 5 aromatic carbocycles. The summed E-state index contributed by atoms with van der Waals surface area (Å²) < 4.78 is 0.438. The lowest BCUT2D eigenvalue weighted by atomic mass is 9.92. The molecule has 0 saturated carbocycles. The molecule has 0 fully saturated rings. The average molecular weight is 485 g/mol. The van der Waals surface area contributed by atoms with Gasteiger partial charge in [-0.3, -0.25) is 4.79 Å². The van der Waals surface area contributed by atoms with Crippen LogP contribution in [0.3, 0.4) is 0 Å². The van der Waals surface area contributed by atoms with Crippen LogP contribution < -0.4 is 5.32 Å². The lowest BCUT2D eigenvalue weighted by molar-refractivity contribution is -0.113. The number of anilines is 1. The lowest BCUT2D eigenvalue weighted by Gasteiger charge is -2.11. The number of nitrogens with one attached hydrogen (secondary N) is 1. The third-order valence-electron chi connectivity index (χ3n) is 5.16. The van der Waals surface area contributed by atoms with E-state index in [1.165, 1.54) is 32.3 Å². The van der Waals surface area contributed by atoms with Crippen molar-refractivity contribution in [3.8, 4) is 11.8 Å². The summed E-state index contributed by atoms with van der Waals surface area (Å²) in [5.41, 5.74) is 2.74. The standard InChI is InChI=1S/C26H16INO/c27-16-24(29)28-22-13-5-17(6-14-22)4-7-18-8-9-21-11-10-19-2-1-3-20-12-15-23(18)26(21)25(19)20/h1-3,5-6,8-15H,16H2,(H,28,29). The van der Waals surface area contributed by atoms with E-state index in [1.54, 1.807) is 0 Å². The molecule has 0 atom stereocenters. The third kappa shape index (κ3) is 3.30. The summed E-state index contributed by atoms with van der Waals surface area (Å²) in [6, 6.07) is 27.1. The maximum atomic E-state index is 11.5. The Morgan fingerprint density at radius 1 is 0.759 bits per heavy atom. The molecule has 0 spiro atoms. The maximum Gasteiger partial charge on any atom is 0.234 e. The predicted molar refractivity (Wildman–Crippen MR) is 130 cm³/mol. The largest absolute Gasteiger partial charge is 0.325 e. The van der Waals surface area contributed by atoms with E-state index < -0.39 is 0 Å². The van der Waals surface area contributed by atoms with Gasteiger partial charge in [-0.15, -0.1) is 0 Å². The minimum absolute atomic E-state index is 0.00178. The molecule has 0 aliphatic carbocycles. The van der Waals surface area contributed by atoms with Gasteiger partial charge >= 0.3 is 0 Å². The zero-order chi connectivity index (χ0) is 19.8. The number of alkyl halides is 1. The minimum Gasteiger partial charge on any atom is -0.325 e. The Hall–Kier alpha value is -3.10. The first kappa shape index (κ1) is 18.0. The van der Waals surface area contributed by atoms with E-state index in [2.05, 4.69) is 71.8 Å². The van der Waals surface area contributed by atoms with Gasteiger partial charge in [0.25, 0.3) is 0 Å². The van der Waals surface area contributed by atoms with Crippen molar-refractivity contribution in [3.05, 3.63) is 90.0 Å². The molecule has 5 rings (SSSR count). The van der Waals surface area contributed by atoms with E-state index in [1.807, 2.05) is 46.9 Å². The zero-order valence-corrected chi connectivity index (χ0v) is 17.7. The number of rotatable bonds is 2. The van der Waals surface area contributed by atoms with E-state index in [-0.39, 0.29) is 5.91 Å². The molecule has 0 aromatic heterocycles. The van der Waals surface area contributed by atoms with Gasteiger partial charge in [0, 0.05) is 16.8 Å². The molecule has 138 valence electrons. The first-order chi connectivity index (χ1) is 14.2. The maximum absolute atomic E-state index is 11.5. The van der Waals surface area contributed by atoms with Crippen LogP contribution in [-0.2, 0) is 4.79 Å². The van der Waals surface area contributed by atoms with E-state index >= 15 is 0 Å². The summed E-state index contributed by atoms with van der Waals surface area (Å²) in [5, 5.41) is 10.4. The van der Waals surface area contributed by atoms with Crippen molar-refractivity contribution in [2.24, 2.45) is 0 Å². The predicted octanol–water partition coefficient (Wildman–Crippen LogP) is 6.36. The van der Waals surface area contributed by atoms with Gasteiger partial charge < -0.3 is 5.32 Å². The Kier molecular flexibility index (Phi) is 4.57. The molecule has 3 heteroatoms. The van der Waals surface area contributed by atoms with Crippen LogP contribution in [0.25, 0.3) is 32.3 Å². The van der Waals surface area contributed by atoms with Crippen molar-refractivity contribution < 1.29 is 4.79 Å². The van der Waals surface area contributed by atoms with Gasteiger partial charge in [-0.05, 0) is 62.6 Å². The average Bonchev–Trinajstić information content (AvgIpc) is 2.77. The first-order valence-corrected chi connectivity index (χ1v) is 10.9. The van der Waals surface area contributed by atoms with Crippen molar-refractivity contribution in [1.29, 1.82) is 0 Å². The summed E-state index contributed by atoms with van der Waals surface area (Å²) in [6.07, 6.45) is 0. The van der Waals surface area contributed by atoms with Crippen molar-refractivity contribution in [1.82, 2.24) is 0 Å². The van der Waals surface area contributed by atoms with Crippen LogP contribution in [0.4, 0.5) is 5.69 Å². The fourth-order valence-corrected chi connectivity index (χ4v) is 4.01. The van der Waals surface area contributed by atoms with Crippen LogP contribution in [0.15, 0.2) is 78.9 Å². The molecule has 0 aliphatic heterocycles. The molecule has 1 N–H and O–H groups in total. The highest BCUT2D eigenvalue weighted by molar-refractivity contribution is 14.1. The highest BCUT2D eigenvalue weighted by Gasteiger charge is 2.09. The van der Waals surface area contributed by atoms with Crippen molar-refractivity contribution in [2.75, 3.05) is 9.74 Å². The Morgan fingerprint density at radius 3 is 2.14 bits per heavy atom. The van der Waals surface area contributed by atoms with Gasteiger partial charge in [-0.1, -0.05) is 83.0 Å². The lowest BCUT2D eigenvalue weighted by Crippen LogP contribution is -2.11. The molecule has 0 radical (unpaired) electrons. The van der Waals surface area contributed by atoms with E-state index in [9.17, 15) is 4.79 Å². The van der Waals surface area contributed by atoms with Crippen LogP contribution in [0, 0.1) is 11.8 Å². The van der Waals surface area contributed by atoms with E-state index in [0.717, 1.165) is 16.8 Å². The number of amides is 1. The summed E-state index contributed by atoms with van der Waals surface area (Å²) >= 11 is 2.05. The normalized spacial score (nSPS) is 10.9. The molecule has 0 heterocycles. The fraction of sp³-hybridized carbons (Fsp3) is 0.0385. The van der Waals surface area contributed by atoms with Crippen molar-refractivity contribution in [3.63, 3.8) is 0 Å². The summed E-state index contributed by atoms with van der Waals surface area (Å²) in [6.45, 7) is 0. The third-order valence-corrected chi connectivity index (χ3v) is 5.85. The van der Waals surface area contributed by atoms with Crippen LogP contribution in [0.1, 0.15) is 11.1 Å². The van der Waals surface area contributed by atoms with Gasteiger partial charge in [0.05, 0.1) is 4.43 Å². The monoisotopic (exact) mass is 485 g/mol. The number of carbonyl (C=O) groups is 1. The summed E-state index contributed by atoms with van der Waals surface area (Å²) in [5.74, 6) is 6.61. The molecule has 2 nitrogen and oxygen atoms in total. The van der Waals surface area contributed by atoms with Crippen LogP contribution in [0.2, 0.25) is 0 Å². The first-order valence-electron chi connectivity index (χ1n) is 9.37. The Balaban J connectivity index is 1.57. The molecule has 0 saturated heterocycles. The quantitative estimate of drug-likeness (QED) is 0.134. The van der Waals surface area contributed by atoms with Gasteiger partial charge in [0.2, 0.25) is 5.91 Å². The van der Waals surface area contributed by atoms with Crippen molar-refractivity contribution >= 4 is 66.5 Å². The van der Waals surface area contributed by atoms with E-state index in [4.69, 9.17) is 0 Å². The van der Waals surface area contributed by atoms with Gasteiger partial charge in [0.1, 0.15) is 0 Å². The molecule has 0 aliphatic rings. The number of halogens is 1. The topological polar surface area (TPSA) is 29.1 Å². The van der Waals surface area contributed by atoms with Crippen LogP contribution in [0.5, 0.6) is 0 Å². The minimum atomic E-state index is -0.00178. The molecular weight excluding hydrogens is 469 g/mol. The Bertz CT molecular complexity index is 1410. The van der Waals surface area contributed by atoms with Gasteiger partial charge in [-0.2, -0.15) is 0 Å². The Labute approximate surface area is 182 Å². The summed E-state index contributed by atoms with van der Waals surface area (Å²) in [7, 11) is 0. The molecule has 29 heavy (non-hydrogen) atoms. The van der Waals surface area contributed by atoms with Crippen molar-refractivity contribution in [2.45, 2.75) is 0 Å². The summed E-state index contributed by atoms with van der Waals surface area (Å²) in [4.78, 5) is 11.5. The number of hydrogen-bond donors (Lipinski definition) is 1. The highest BCUT2D eigenvalue weighted by atomic mass is 127. The molecule has 5 aromatic rings. The number of benzene rings is 5. The molecular formula is C26H16INO. The molecule has 0 unspecified atom stereocenters. The number of hydrogen-bond acceptors (Lipinski definition) is 1. The SMILES string of the molecule is O=C(CI)Nc1ccc(C#Cc2ccc3ccc4cccc5ccc2c3c45)cc1. The van der Waals surface area contributed by atoms with E-state index in [0.29, 0.717) is 4.43 Å². The van der Waals surface area contributed by atoms with Gasteiger partial charge in [-0.25, -0.2) is 0 Å². The molecule has 1 amide bonds. The zero-order valence-electron chi connectivity index (χ0n) is 15.5. The van der Waals surface area contributed by atoms with Gasteiger partial charge in [0.15, 0.2) is 0 Å². The molecule has 0 bridgehead atoms. The second-order valence-electron chi connectivity index (χ2n) is 6.98. The smallest absolute Gasteiger partial charge is 0.234 e. The second-order valence-corrected chi connectivity index (χ2v) is 7.74. The fourth-order valence-electron chi connectivity index (χ4n) is 3.82. The van der Waals surface area contributed by atoms with Crippen LogP contribution in [-0.4, -0.2) is 10.3 Å².